The first-order valence-electron chi connectivity index (χ1n) is 5.38. The fourth-order valence-electron chi connectivity index (χ4n) is 2.02. The molecule has 0 spiro atoms. The predicted molar refractivity (Wildman–Crippen MR) is 67.8 cm³/mol. The summed E-state index contributed by atoms with van der Waals surface area (Å²) in [6.07, 6.45) is 0.630. The molecule has 16 heavy (non-hydrogen) atoms. The highest BCUT2D eigenvalue weighted by molar-refractivity contribution is 6.18. The Kier molecular flexibility index (Phi) is 2.64. The number of fused-ring (bicyclic) bond motifs is 1. The van der Waals surface area contributed by atoms with Crippen LogP contribution in [-0.2, 0) is 0 Å². The van der Waals surface area contributed by atoms with Crippen LogP contribution < -0.4 is 10.2 Å². The number of nitrogens with zero attached hydrogens (tertiary/aromatic N) is 1. The van der Waals surface area contributed by atoms with Crippen molar-refractivity contribution >= 4 is 23.0 Å². The van der Waals surface area contributed by atoms with Gasteiger partial charge < -0.3 is 5.32 Å². The minimum absolute atomic E-state index is 0.220. The molecule has 0 radical (unpaired) electrons. The lowest BCUT2D eigenvalue weighted by Crippen LogP contribution is -2.34. The molecule has 0 saturated heterocycles. The molecule has 2 rings (SSSR count). The highest BCUT2D eigenvalue weighted by Crippen LogP contribution is 2.30. The summed E-state index contributed by atoms with van der Waals surface area (Å²) in [4.78, 5) is 1.69. The second kappa shape index (κ2) is 3.96. The summed E-state index contributed by atoms with van der Waals surface area (Å²) in [5.74, 6) is 0.853. The van der Waals surface area contributed by atoms with Crippen molar-refractivity contribution in [3.05, 3.63) is 24.3 Å². The van der Waals surface area contributed by atoms with E-state index in [-0.39, 0.29) is 6.04 Å². The van der Waals surface area contributed by atoms with E-state index < -0.39 is 0 Å². The first-order chi connectivity index (χ1) is 7.59. The van der Waals surface area contributed by atoms with Gasteiger partial charge in [-0.05, 0) is 26.0 Å². The van der Waals surface area contributed by atoms with Gasteiger partial charge in [0.1, 0.15) is 11.7 Å². The van der Waals surface area contributed by atoms with E-state index >= 15 is 0 Å². The molecular formula is C12H16N4. The van der Waals surface area contributed by atoms with Crippen molar-refractivity contribution in [3.8, 4) is 0 Å². The third-order valence-corrected chi connectivity index (χ3v) is 2.65. The minimum Gasteiger partial charge on any atom is -0.380 e. The molecule has 3 N–H and O–H groups in total. The summed E-state index contributed by atoms with van der Waals surface area (Å²) in [5.41, 5.74) is 1.88. The molecule has 0 amide bonds. The van der Waals surface area contributed by atoms with Gasteiger partial charge in [0.2, 0.25) is 0 Å². The summed E-state index contributed by atoms with van der Waals surface area (Å²) in [7, 11) is 0. The molecular weight excluding hydrogens is 200 g/mol. The van der Waals surface area contributed by atoms with Crippen LogP contribution in [0.2, 0.25) is 0 Å². The molecule has 1 atom stereocenters. The standard InChI is InChI=1S/C12H16N4/c1-8-7-12(14)16(9(2)13)11-6-4-3-5-10(11)15-8/h3-6,8,13-15H,7H2,1-2H3. The third kappa shape index (κ3) is 1.78. The molecule has 0 bridgehead atoms. The van der Waals surface area contributed by atoms with Crippen molar-refractivity contribution in [3.63, 3.8) is 0 Å². The van der Waals surface area contributed by atoms with Gasteiger partial charge in [-0.25, -0.2) is 0 Å². The molecule has 1 heterocycles. The zero-order valence-electron chi connectivity index (χ0n) is 9.54. The van der Waals surface area contributed by atoms with Crippen molar-refractivity contribution in [2.45, 2.75) is 26.3 Å². The first kappa shape index (κ1) is 10.7. The monoisotopic (exact) mass is 216 g/mol. The Morgan fingerprint density at radius 3 is 2.81 bits per heavy atom. The Morgan fingerprint density at radius 1 is 1.44 bits per heavy atom. The Bertz CT molecular complexity index is 438. The maximum atomic E-state index is 8.02. The maximum Gasteiger partial charge on any atom is 0.108 e. The minimum atomic E-state index is 0.220. The highest BCUT2D eigenvalue weighted by atomic mass is 15.2. The molecule has 0 saturated carbocycles. The summed E-state index contributed by atoms with van der Waals surface area (Å²) in [6, 6.07) is 8.04. The molecule has 1 aliphatic heterocycles. The zero-order valence-corrected chi connectivity index (χ0v) is 9.54. The molecule has 4 heteroatoms. The number of para-hydroxylation sites is 2. The van der Waals surface area contributed by atoms with Crippen molar-refractivity contribution in [1.29, 1.82) is 10.8 Å². The second-order valence-corrected chi connectivity index (χ2v) is 4.13. The van der Waals surface area contributed by atoms with Crippen LogP contribution in [0.4, 0.5) is 11.4 Å². The molecule has 1 unspecified atom stereocenters. The van der Waals surface area contributed by atoms with E-state index in [4.69, 9.17) is 10.8 Å². The van der Waals surface area contributed by atoms with Gasteiger partial charge in [0.15, 0.2) is 0 Å². The fraction of sp³-hybridized carbons (Fsp3) is 0.333. The van der Waals surface area contributed by atoms with E-state index in [0.717, 1.165) is 11.4 Å². The van der Waals surface area contributed by atoms with E-state index in [1.807, 2.05) is 31.2 Å². The van der Waals surface area contributed by atoms with E-state index in [1.165, 1.54) is 0 Å². The highest BCUT2D eigenvalue weighted by Gasteiger charge is 2.23. The van der Waals surface area contributed by atoms with E-state index in [9.17, 15) is 0 Å². The summed E-state index contributed by atoms with van der Waals surface area (Å²) in [6.45, 7) is 3.76. The lowest BCUT2D eigenvalue weighted by molar-refractivity contribution is 0.836. The van der Waals surface area contributed by atoms with Crippen LogP contribution in [0.25, 0.3) is 0 Å². The molecule has 4 nitrogen and oxygen atoms in total. The lowest BCUT2D eigenvalue weighted by atomic mass is 10.2. The largest absolute Gasteiger partial charge is 0.380 e. The van der Waals surface area contributed by atoms with Crippen molar-refractivity contribution in [1.82, 2.24) is 0 Å². The van der Waals surface area contributed by atoms with Crippen LogP contribution in [-0.4, -0.2) is 17.7 Å². The van der Waals surface area contributed by atoms with E-state index in [1.54, 1.807) is 11.8 Å². The molecule has 1 aromatic rings. The second-order valence-electron chi connectivity index (χ2n) is 4.13. The Hall–Kier alpha value is -1.84. The van der Waals surface area contributed by atoms with Crippen LogP contribution in [0.15, 0.2) is 24.3 Å². The Balaban J connectivity index is 2.53. The van der Waals surface area contributed by atoms with Gasteiger partial charge in [0, 0.05) is 12.5 Å². The van der Waals surface area contributed by atoms with E-state index in [2.05, 4.69) is 5.32 Å². The molecule has 0 fully saturated rings. The molecule has 0 aliphatic carbocycles. The van der Waals surface area contributed by atoms with Crippen LogP contribution in [0, 0.1) is 10.8 Å². The predicted octanol–water partition coefficient (Wildman–Crippen LogP) is 2.67. The average molecular weight is 216 g/mol. The number of nitrogens with one attached hydrogen (secondary N) is 3. The number of hydrogen-bond donors (Lipinski definition) is 3. The van der Waals surface area contributed by atoms with Crippen molar-refractivity contribution in [2.75, 3.05) is 10.2 Å². The van der Waals surface area contributed by atoms with Crippen LogP contribution >= 0.6 is 0 Å². The molecule has 1 aliphatic rings. The van der Waals surface area contributed by atoms with Gasteiger partial charge in [-0.15, -0.1) is 0 Å². The summed E-state index contributed by atoms with van der Waals surface area (Å²) >= 11 is 0. The van der Waals surface area contributed by atoms with E-state index in [0.29, 0.717) is 18.1 Å². The summed E-state index contributed by atoms with van der Waals surface area (Å²) in [5, 5.41) is 19.2. The number of rotatable bonds is 0. The Morgan fingerprint density at radius 2 is 2.12 bits per heavy atom. The van der Waals surface area contributed by atoms with Gasteiger partial charge in [-0.1, -0.05) is 12.1 Å². The number of hydrogen-bond acceptors (Lipinski definition) is 3. The smallest absolute Gasteiger partial charge is 0.108 e. The van der Waals surface area contributed by atoms with Gasteiger partial charge >= 0.3 is 0 Å². The number of anilines is 2. The average Bonchev–Trinajstić information content (AvgIpc) is 2.31. The molecule has 1 aromatic carbocycles. The molecule has 0 aromatic heterocycles. The quantitative estimate of drug-likeness (QED) is 0.461. The van der Waals surface area contributed by atoms with Gasteiger partial charge in [-0.2, -0.15) is 0 Å². The number of amidine groups is 2. The van der Waals surface area contributed by atoms with Crippen LogP contribution in [0.1, 0.15) is 20.3 Å². The van der Waals surface area contributed by atoms with Crippen molar-refractivity contribution in [2.24, 2.45) is 0 Å². The fourth-order valence-corrected chi connectivity index (χ4v) is 2.02. The summed E-state index contributed by atoms with van der Waals surface area (Å²) < 4.78 is 0. The molecule has 84 valence electrons. The van der Waals surface area contributed by atoms with Crippen molar-refractivity contribution < 1.29 is 0 Å². The first-order valence-corrected chi connectivity index (χ1v) is 5.38. The van der Waals surface area contributed by atoms with Gasteiger partial charge in [0.25, 0.3) is 0 Å². The van der Waals surface area contributed by atoms with Crippen LogP contribution in [0.3, 0.4) is 0 Å². The van der Waals surface area contributed by atoms with Gasteiger partial charge in [-0.3, -0.25) is 15.7 Å². The third-order valence-electron chi connectivity index (χ3n) is 2.65. The van der Waals surface area contributed by atoms with Crippen LogP contribution in [0.5, 0.6) is 0 Å². The number of benzene rings is 1. The topological polar surface area (TPSA) is 63.0 Å². The normalized spacial score (nSPS) is 19.8. The SMILES string of the molecule is CC(=N)N1C(=N)CC(C)Nc2ccccc21. The lowest BCUT2D eigenvalue weighted by Gasteiger charge is -2.22. The Labute approximate surface area is 95.3 Å². The zero-order chi connectivity index (χ0) is 11.7. The maximum absolute atomic E-state index is 8.02. The van der Waals surface area contributed by atoms with Gasteiger partial charge in [0.05, 0.1) is 11.4 Å².